The number of carbonyl (C=O) groups excluding carboxylic acids is 1. The van der Waals surface area contributed by atoms with E-state index in [0.717, 1.165) is 28.2 Å². The topological polar surface area (TPSA) is 81.6 Å². The quantitative estimate of drug-likeness (QED) is 0.298. The molecule has 0 saturated carbocycles. The number of methoxy groups -OCH3 is 1. The lowest BCUT2D eigenvalue weighted by Gasteiger charge is -2.25. The highest BCUT2D eigenvalue weighted by Crippen LogP contribution is 2.35. The fraction of sp³-hybridized carbons (Fsp3) is 0.103. The number of anilines is 3. The molecule has 35 heavy (non-hydrogen) atoms. The third-order valence-electron chi connectivity index (χ3n) is 5.81. The molecule has 4 aromatic carbocycles. The molecular weight excluding hydrogens is 438 g/mol. The molecule has 2 N–H and O–H groups in total. The molecule has 0 fully saturated rings. The monoisotopic (exact) mass is 463 g/mol. The van der Waals surface area contributed by atoms with Crippen molar-refractivity contribution >= 4 is 34.1 Å². The van der Waals surface area contributed by atoms with Gasteiger partial charge in [-0.05, 0) is 72.6 Å². The lowest BCUT2D eigenvalue weighted by Crippen LogP contribution is -2.33. The van der Waals surface area contributed by atoms with Crippen LogP contribution in [0.1, 0.15) is 5.56 Å². The highest BCUT2D eigenvalue weighted by molar-refractivity contribution is 5.80. The first-order valence-electron chi connectivity index (χ1n) is 11.4. The van der Waals surface area contributed by atoms with Gasteiger partial charge in [-0.2, -0.15) is 0 Å². The molecular formula is C29H25N3O3. The molecule has 6 heteroatoms. The Morgan fingerprint density at radius 2 is 1.49 bits per heavy atom. The van der Waals surface area contributed by atoms with Gasteiger partial charge in [-0.1, -0.05) is 42.5 Å². The van der Waals surface area contributed by atoms with Gasteiger partial charge in [-0.3, -0.25) is 4.79 Å². The van der Waals surface area contributed by atoms with Crippen LogP contribution in [0.2, 0.25) is 0 Å². The number of esters is 1. The molecule has 0 amide bonds. The Labute approximate surface area is 203 Å². The summed E-state index contributed by atoms with van der Waals surface area (Å²) < 4.78 is 10.7. The van der Waals surface area contributed by atoms with Crippen molar-refractivity contribution in [2.24, 2.45) is 5.73 Å². The molecule has 0 unspecified atom stereocenters. The highest BCUT2D eigenvalue weighted by Gasteiger charge is 2.16. The molecule has 5 rings (SSSR count). The zero-order valence-corrected chi connectivity index (χ0v) is 19.3. The van der Waals surface area contributed by atoms with Crippen LogP contribution in [-0.2, 0) is 16.0 Å². The van der Waals surface area contributed by atoms with Gasteiger partial charge < -0.3 is 19.8 Å². The summed E-state index contributed by atoms with van der Waals surface area (Å²) in [7, 11) is 1.33. The Bertz CT molecular complexity index is 1390. The van der Waals surface area contributed by atoms with Crippen LogP contribution in [0.25, 0.3) is 22.6 Å². The van der Waals surface area contributed by atoms with E-state index in [4.69, 9.17) is 14.9 Å². The number of benzene rings is 4. The Hall–Kier alpha value is -4.42. The van der Waals surface area contributed by atoms with Crippen LogP contribution in [0, 0.1) is 0 Å². The third kappa shape index (κ3) is 4.78. The SMILES string of the molecule is COC(=O)[C@@H](N)Cc1ccc2oc(-c3ccc(N(c4ccccc4)c4ccccc4)cc3)nc2c1. The van der Waals surface area contributed by atoms with E-state index in [0.29, 0.717) is 23.4 Å². The Morgan fingerprint density at radius 3 is 2.09 bits per heavy atom. The van der Waals surface area contributed by atoms with E-state index in [1.165, 1.54) is 7.11 Å². The normalized spacial score (nSPS) is 11.8. The number of nitrogens with zero attached hydrogens (tertiary/aromatic N) is 2. The molecule has 1 heterocycles. The minimum Gasteiger partial charge on any atom is -0.468 e. The van der Waals surface area contributed by atoms with E-state index in [-0.39, 0.29) is 0 Å². The molecule has 6 nitrogen and oxygen atoms in total. The average Bonchev–Trinajstić information content (AvgIpc) is 3.33. The number of nitrogens with two attached hydrogens (primary N) is 1. The zero-order valence-electron chi connectivity index (χ0n) is 19.3. The lowest BCUT2D eigenvalue weighted by atomic mass is 10.1. The number of rotatable bonds is 7. The van der Waals surface area contributed by atoms with E-state index in [2.05, 4.69) is 46.3 Å². The van der Waals surface area contributed by atoms with Gasteiger partial charge in [0.2, 0.25) is 5.89 Å². The van der Waals surface area contributed by atoms with Crippen LogP contribution in [0.4, 0.5) is 17.1 Å². The summed E-state index contributed by atoms with van der Waals surface area (Å²) in [6.07, 6.45) is 0.369. The minimum atomic E-state index is -0.714. The fourth-order valence-corrected chi connectivity index (χ4v) is 4.07. The maximum Gasteiger partial charge on any atom is 0.322 e. The van der Waals surface area contributed by atoms with Crippen molar-refractivity contribution in [3.8, 4) is 11.5 Å². The second-order valence-corrected chi connectivity index (χ2v) is 8.21. The van der Waals surface area contributed by atoms with Crippen LogP contribution in [0.15, 0.2) is 108 Å². The van der Waals surface area contributed by atoms with E-state index in [9.17, 15) is 4.79 Å². The minimum absolute atomic E-state index is 0.369. The van der Waals surface area contributed by atoms with Crippen molar-refractivity contribution in [2.75, 3.05) is 12.0 Å². The van der Waals surface area contributed by atoms with Crippen molar-refractivity contribution in [3.05, 3.63) is 109 Å². The largest absolute Gasteiger partial charge is 0.468 e. The van der Waals surface area contributed by atoms with E-state index in [1.54, 1.807) is 0 Å². The summed E-state index contributed by atoms with van der Waals surface area (Å²) in [5.41, 5.74) is 12.2. The van der Waals surface area contributed by atoms with Gasteiger partial charge in [0.25, 0.3) is 0 Å². The Kier molecular flexibility index (Phi) is 6.28. The van der Waals surface area contributed by atoms with E-state index >= 15 is 0 Å². The lowest BCUT2D eigenvalue weighted by molar-refractivity contribution is -0.142. The zero-order chi connectivity index (χ0) is 24.2. The molecule has 1 atom stereocenters. The van der Waals surface area contributed by atoms with Crippen molar-refractivity contribution in [1.82, 2.24) is 4.98 Å². The predicted octanol–water partition coefficient (Wildman–Crippen LogP) is 6.01. The van der Waals surface area contributed by atoms with Crippen molar-refractivity contribution in [2.45, 2.75) is 12.5 Å². The van der Waals surface area contributed by atoms with Gasteiger partial charge in [0.05, 0.1) is 7.11 Å². The molecule has 1 aromatic heterocycles. The van der Waals surface area contributed by atoms with E-state index < -0.39 is 12.0 Å². The number of hydrogen-bond donors (Lipinski definition) is 1. The Balaban J connectivity index is 1.43. The number of ether oxygens (including phenoxy) is 1. The number of fused-ring (bicyclic) bond motifs is 1. The van der Waals surface area contributed by atoms with Crippen molar-refractivity contribution in [3.63, 3.8) is 0 Å². The van der Waals surface area contributed by atoms with Crippen LogP contribution >= 0.6 is 0 Å². The van der Waals surface area contributed by atoms with Crippen molar-refractivity contribution < 1.29 is 13.9 Å². The van der Waals surface area contributed by atoms with Crippen molar-refractivity contribution in [1.29, 1.82) is 0 Å². The maximum absolute atomic E-state index is 11.6. The molecule has 0 bridgehead atoms. The number of hydrogen-bond acceptors (Lipinski definition) is 6. The van der Waals surface area contributed by atoms with Crippen LogP contribution in [0.3, 0.4) is 0 Å². The molecule has 0 aliphatic carbocycles. The first-order valence-corrected chi connectivity index (χ1v) is 11.4. The van der Waals surface area contributed by atoms with Gasteiger partial charge in [-0.15, -0.1) is 0 Å². The average molecular weight is 464 g/mol. The highest BCUT2D eigenvalue weighted by atomic mass is 16.5. The van der Waals surface area contributed by atoms with Crippen LogP contribution in [-0.4, -0.2) is 24.1 Å². The maximum atomic E-state index is 11.6. The molecule has 174 valence electrons. The van der Waals surface area contributed by atoms with Gasteiger partial charge in [0.15, 0.2) is 5.58 Å². The Morgan fingerprint density at radius 1 is 0.886 bits per heavy atom. The molecule has 0 spiro atoms. The number of aromatic nitrogens is 1. The first-order chi connectivity index (χ1) is 17.1. The van der Waals surface area contributed by atoms with Crippen LogP contribution in [0.5, 0.6) is 0 Å². The van der Waals surface area contributed by atoms with Gasteiger partial charge >= 0.3 is 5.97 Å². The van der Waals surface area contributed by atoms with Gasteiger partial charge in [0.1, 0.15) is 11.6 Å². The standard InChI is InChI=1S/C29H25N3O3/c1-34-29(33)25(30)18-20-12-17-27-26(19-20)31-28(35-27)21-13-15-24(16-14-21)32(22-8-4-2-5-9-22)23-10-6-3-7-11-23/h2-17,19,25H,18,30H2,1H3/t25-/m0/s1. The summed E-state index contributed by atoms with van der Waals surface area (Å²) in [4.78, 5) is 18.5. The molecule has 0 aliphatic rings. The summed E-state index contributed by atoms with van der Waals surface area (Å²) in [6, 6.07) is 33.6. The predicted molar refractivity (Wildman–Crippen MR) is 138 cm³/mol. The molecule has 5 aromatic rings. The second-order valence-electron chi connectivity index (χ2n) is 8.21. The van der Waals surface area contributed by atoms with Gasteiger partial charge in [-0.25, -0.2) is 4.98 Å². The summed E-state index contributed by atoms with van der Waals surface area (Å²) in [6.45, 7) is 0. The summed E-state index contributed by atoms with van der Waals surface area (Å²) in [5, 5.41) is 0. The number of oxazole rings is 1. The fourth-order valence-electron chi connectivity index (χ4n) is 4.07. The van der Waals surface area contributed by atoms with Crippen LogP contribution < -0.4 is 10.6 Å². The second kappa shape index (κ2) is 9.83. The smallest absolute Gasteiger partial charge is 0.322 e. The van der Waals surface area contributed by atoms with Gasteiger partial charge in [0, 0.05) is 22.6 Å². The third-order valence-corrected chi connectivity index (χ3v) is 5.81. The summed E-state index contributed by atoms with van der Waals surface area (Å²) >= 11 is 0. The molecule has 0 saturated heterocycles. The number of carbonyl (C=O) groups is 1. The van der Waals surface area contributed by atoms with E-state index in [1.807, 2.05) is 66.7 Å². The molecule has 0 radical (unpaired) electrons. The first kappa shape index (κ1) is 22.4. The number of para-hydroxylation sites is 2. The summed E-state index contributed by atoms with van der Waals surface area (Å²) in [5.74, 6) is 0.0954. The molecule has 0 aliphatic heterocycles.